The molecule has 1 heterocycles. The van der Waals surface area contributed by atoms with E-state index >= 15 is 0 Å². The summed E-state index contributed by atoms with van der Waals surface area (Å²) in [6.07, 6.45) is 0.603. The second kappa shape index (κ2) is 3.44. The third kappa shape index (κ3) is 1.28. The number of fused-ring (bicyclic) bond motifs is 1. The molecule has 0 radical (unpaired) electrons. The molecule has 1 N–H and O–H groups in total. The van der Waals surface area contributed by atoms with Crippen molar-refractivity contribution in [1.29, 1.82) is 0 Å². The Morgan fingerprint density at radius 3 is 2.79 bits per heavy atom. The summed E-state index contributed by atoms with van der Waals surface area (Å²) < 4.78 is 10.5. The molecule has 0 aromatic rings. The van der Waals surface area contributed by atoms with Gasteiger partial charge in [-0.15, -0.1) is 0 Å². The predicted octanol–water partition coefficient (Wildman–Crippen LogP) is 0.0974. The van der Waals surface area contributed by atoms with Gasteiger partial charge in [-0.3, -0.25) is 0 Å². The molecule has 0 aromatic heterocycles. The molecule has 4 atom stereocenters. The van der Waals surface area contributed by atoms with Gasteiger partial charge in [0.05, 0.1) is 0 Å². The summed E-state index contributed by atoms with van der Waals surface area (Å²) in [5, 5.41) is 10.4. The number of hydrogen-bond acceptors (Lipinski definition) is 3. The normalized spacial score (nSPS) is 45.1. The van der Waals surface area contributed by atoms with Gasteiger partial charge in [-0.05, 0) is 0 Å². The zero-order chi connectivity index (χ0) is 10.3. The fraction of sp³-hybridized carbons (Fsp3) is 0.900. The van der Waals surface area contributed by atoms with Gasteiger partial charge in [0.1, 0.15) is 0 Å². The number of methoxy groups -OCH3 is 2. The van der Waals surface area contributed by atoms with Gasteiger partial charge in [0.15, 0.2) is 0 Å². The topological polar surface area (TPSA) is 38.7 Å². The van der Waals surface area contributed by atoms with Crippen LogP contribution in [0.1, 0.15) is 13.3 Å². The average Bonchev–Trinajstić information content (AvgIpc) is 2.34. The Labute approximate surface area is 85.3 Å². The van der Waals surface area contributed by atoms with Crippen molar-refractivity contribution in [2.75, 3.05) is 20.8 Å². The van der Waals surface area contributed by atoms with Crippen molar-refractivity contribution in [1.82, 2.24) is 0 Å². The molecule has 2 aliphatic rings. The Bertz CT molecular complexity index is 266. The first-order chi connectivity index (χ1) is 6.62. The minimum atomic E-state index is -0.815. The third-order valence-corrected chi connectivity index (χ3v) is 3.49. The van der Waals surface area contributed by atoms with Gasteiger partial charge in [0.2, 0.25) is 0 Å². The SMILES string of the molecule is COC[C@@]1(O)CC2=B[C@H](C)C2C1OC. The first-order valence-corrected chi connectivity index (χ1v) is 5.07. The molecular formula is C10H17BO3. The first kappa shape index (κ1) is 10.3. The van der Waals surface area contributed by atoms with Crippen LogP contribution in [0.4, 0.5) is 0 Å². The molecule has 0 aromatic carbocycles. The molecule has 0 amide bonds. The average molecular weight is 196 g/mol. The van der Waals surface area contributed by atoms with Crippen LogP contribution in [0.5, 0.6) is 0 Å². The number of rotatable bonds is 3. The summed E-state index contributed by atoms with van der Waals surface area (Å²) in [5.41, 5.74) is 0.522. The summed E-state index contributed by atoms with van der Waals surface area (Å²) in [6, 6.07) is 0. The van der Waals surface area contributed by atoms with Crippen molar-refractivity contribution in [3.05, 3.63) is 0 Å². The number of aliphatic hydroxyl groups is 1. The Hall–Kier alpha value is -0.185. The summed E-state index contributed by atoms with van der Waals surface area (Å²) >= 11 is 0. The van der Waals surface area contributed by atoms with Gasteiger partial charge < -0.3 is 0 Å². The molecular weight excluding hydrogens is 179 g/mol. The Kier molecular flexibility index (Phi) is 2.54. The van der Waals surface area contributed by atoms with Crippen LogP contribution in [0.15, 0.2) is 0 Å². The molecule has 4 heteroatoms. The van der Waals surface area contributed by atoms with Crippen molar-refractivity contribution in [3.8, 4) is 0 Å². The van der Waals surface area contributed by atoms with E-state index in [4.69, 9.17) is 9.47 Å². The first-order valence-electron chi connectivity index (χ1n) is 5.07. The summed E-state index contributed by atoms with van der Waals surface area (Å²) in [5.74, 6) is 0.931. The van der Waals surface area contributed by atoms with E-state index in [2.05, 4.69) is 13.8 Å². The van der Waals surface area contributed by atoms with Crippen molar-refractivity contribution in [2.45, 2.75) is 30.9 Å². The van der Waals surface area contributed by atoms with Crippen molar-refractivity contribution in [2.24, 2.45) is 5.92 Å². The van der Waals surface area contributed by atoms with Crippen LogP contribution < -0.4 is 0 Å². The third-order valence-electron chi connectivity index (χ3n) is 3.49. The molecule has 14 heavy (non-hydrogen) atoms. The van der Waals surface area contributed by atoms with E-state index in [1.165, 1.54) is 5.46 Å². The molecule has 0 bridgehead atoms. The zero-order valence-corrected chi connectivity index (χ0v) is 8.99. The number of hydrogen-bond donors (Lipinski definition) is 1. The van der Waals surface area contributed by atoms with Crippen LogP contribution in [0.25, 0.3) is 0 Å². The van der Waals surface area contributed by atoms with E-state index < -0.39 is 5.60 Å². The van der Waals surface area contributed by atoms with E-state index in [-0.39, 0.29) is 6.10 Å². The van der Waals surface area contributed by atoms with Crippen LogP contribution >= 0.6 is 0 Å². The van der Waals surface area contributed by atoms with Crippen molar-refractivity contribution < 1.29 is 14.6 Å². The second-order valence-corrected chi connectivity index (χ2v) is 4.50. The summed E-state index contributed by atoms with van der Waals surface area (Å²) in [4.78, 5) is 0. The molecule has 2 rings (SSSR count). The maximum absolute atomic E-state index is 10.4. The second-order valence-electron chi connectivity index (χ2n) is 4.50. The fourth-order valence-corrected chi connectivity index (χ4v) is 2.96. The van der Waals surface area contributed by atoms with E-state index in [1.807, 2.05) is 0 Å². The quantitative estimate of drug-likeness (QED) is 0.650. The minimum absolute atomic E-state index is 0.0996. The van der Waals surface area contributed by atoms with Gasteiger partial charge in [-0.2, -0.15) is 0 Å². The van der Waals surface area contributed by atoms with E-state index in [1.54, 1.807) is 14.2 Å². The monoisotopic (exact) mass is 196 g/mol. The number of ether oxygens (including phenoxy) is 2. The summed E-state index contributed by atoms with van der Waals surface area (Å²) in [7, 11) is 3.28. The van der Waals surface area contributed by atoms with Crippen LogP contribution in [0.2, 0.25) is 5.82 Å². The van der Waals surface area contributed by atoms with Crippen LogP contribution in [0.3, 0.4) is 0 Å². The van der Waals surface area contributed by atoms with Gasteiger partial charge in [0.25, 0.3) is 0 Å². The Morgan fingerprint density at radius 1 is 1.57 bits per heavy atom. The molecule has 78 valence electrons. The van der Waals surface area contributed by atoms with Gasteiger partial charge in [-0.25, -0.2) is 0 Å². The standard InChI is InChI=1S/C10H17BO3/c1-6-8-7(11-6)4-10(12,5-13-2)9(8)14-3/h6,8-9,12H,4-5H2,1-3H3/t6-,8?,9?,10+/m1/s1. The van der Waals surface area contributed by atoms with Gasteiger partial charge in [0, 0.05) is 0 Å². The Balaban J connectivity index is 2.19. The molecule has 0 spiro atoms. The van der Waals surface area contributed by atoms with Crippen LogP contribution in [-0.4, -0.2) is 50.0 Å². The maximum atomic E-state index is 10.4. The molecule has 2 unspecified atom stereocenters. The van der Waals surface area contributed by atoms with Crippen molar-refractivity contribution >= 4 is 12.4 Å². The van der Waals surface area contributed by atoms with Crippen LogP contribution in [-0.2, 0) is 9.47 Å². The van der Waals surface area contributed by atoms with E-state index in [0.717, 1.165) is 0 Å². The van der Waals surface area contributed by atoms with Crippen molar-refractivity contribution in [3.63, 3.8) is 0 Å². The Morgan fingerprint density at radius 2 is 2.29 bits per heavy atom. The fourth-order valence-electron chi connectivity index (χ4n) is 2.96. The molecule has 1 aliphatic carbocycles. The molecule has 0 saturated heterocycles. The van der Waals surface area contributed by atoms with Gasteiger partial charge >= 0.3 is 84.6 Å². The predicted molar refractivity (Wildman–Crippen MR) is 55.9 cm³/mol. The zero-order valence-electron chi connectivity index (χ0n) is 8.99. The molecule has 3 nitrogen and oxygen atoms in total. The van der Waals surface area contributed by atoms with E-state index in [9.17, 15) is 5.11 Å². The molecule has 1 saturated carbocycles. The van der Waals surface area contributed by atoms with Crippen LogP contribution in [0, 0.1) is 5.92 Å². The van der Waals surface area contributed by atoms with Gasteiger partial charge in [-0.1, -0.05) is 0 Å². The molecule has 1 aliphatic heterocycles. The summed E-state index contributed by atoms with van der Waals surface area (Å²) in [6.45, 7) is 4.75. The molecule has 1 fully saturated rings. The van der Waals surface area contributed by atoms with E-state index in [0.29, 0.717) is 24.8 Å².